The van der Waals surface area contributed by atoms with Crippen molar-refractivity contribution in [2.75, 3.05) is 0 Å². The van der Waals surface area contributed by atoms with Gasteiger partial charge in [0.1, 0.15) is 5.82 Å². The molecule has 4 heteroatoms. The van der Waals surface area contributed by atoms with E-state index in [0.29, 0.717) is 6.42 Å². The van der Waals surface area contributed by atoms with Crippen LogP contribution in [0.15, 0.2) is 36.4 Å². The molecular weight excluding hydrogens is 263 g/mol. The summed E-state index contributed by atoms with van der Waals surface area (Å²) >= 11 is 0. The minimum atomic E-state index is -0.868. The molecule has 1 atom stereocenters. The molecule has 1 nitrogen and oxygen atoms in total. The summed E-state index contributed by atoms with van der Waals surface area (Å²) in [6.07, 6.45) is 0.725. The second-order valence-corrected chi connectivity index (χ2v) is 4.95. The van der Waals surface area contributed by atoms with Crippen molar-refractivity contribution in [3.8, 4) is 0 Å². The predicted molar refractivity (Wildman–Crippen MR) is 72.9 cm³/mol. The minimum Gasteiger partial charge on any atom is -0.327 e. The highest BCUT2D eigenvalue weighted by atomic mass is 19.2. The molecule has 0 aliphatic heterocycles. The van der Waals surface area contributed by atoms with Gasteiger partial charge < -0.3 is 5.73 Å². The van der Waals surface area contributed by atoms with Gasteiger partial charge in [-0.25, -0.2) is 13.2 Å². The van der Waals surface area contributed by atoms with E-state index in [1.54, 1.807) is 13.0 Å². The van der Waals surface area contributed by atoms with Crippen LogP contribution in [0.2, 0.25) is 0 Å². The summed E-state index contributed by atoms with van der Waals surface area (Å²) in [6, 6.07) is 8.19. The van der Waals surface area contributed by atoms with Gasteiger partial charge in [0.05, 0.1) is 0 Å². The lowest BCUT2D eigenvalue weighted by atomic mass is 9.96. The summed E-state index contributed by atoms with van der Waals surface area (Å²) in [5.74, 6) is -2.01. The van der Waals surface area contributed by atoms with Crippen molar-refractivity contribution < 1.29 is 13.2 Å². The first-order valence-corrected chi connectivity index (χ1v) is 6.41. The zero-order valence-corrected chi connectivity index (χ0v) is 11.2. The summed E-state index contributed by atoms with van der Waals surface area (Å²) in [6.45, 7) is 1.80. The number of hydrogen-bond donors (Lipinski definition) is 1. The summed E-state index contributed by atoms with van der Waals surface area (Å²) in [5.41, 5.74) is 7.96. The third-order valence-corrected chi connectivity index (χ3v) is 3.30. The van der Waals surface area contributed by atoms with Gasteiger partial charge in [-0.05, 0) is 54.7 Å². The molecule has 0 aliphatic carbocycles. The molecular formula is C16H16F3N. The fourth-order valence-corrected chi connectivity index (χ4v) is 2.23. The van der Waals surface area contributed by atoms with E-state index in [4.69, 9.17) is 5.73 Å². The molecule has 0 fully saturated rings. The first kappa shape index (κ1) is 14.6. The van der Waals surface area contributed by atoms with Gasteiger partial charge in [-0.3, -0.25) is 0 Å². The summed E-state index contributed by atoms with van der Waals surface area (Å²) in [4.78, 5) is 0. The Morgan fingerprint density at radius 2 is 1.70 bits per heavy atom. The molecule has 0 bridgehead atoms. The molecule has 0 radical (unpaired) electrons. The quantitative estimate of drug-likeness (QED) is 0.910. The largest absolute Gasteiger partial charge is 0.327 e. The van der Waals surface area contributed by atoms with Gasteiger partial charge in [0, 0.05) is 6.04 Å². The van der Waals surface area contributed by atoms with Gasteiger partial charge in [0.25, 0.3) is 0 Å². The maximum Gasteiger partial charge on any atom is 0.162 e. The first-order chi connectivity index (χ1) is 9.47. The SMILES string of the molecule is Cc1cc(F)ccc1CC(N)Cc1cccc(F)c1F. The van der Waals surface area contributed by atoms with Crippen LogP contribution in [0, 0.1) is 24.4 Å². The Bertz CT molecular complexity index is 611. The molecule has 2 aromatic rings. The molecule has 0 aromatic heterocycles. The van der Waals surface area contributed by atoms with E-state index in [2.05, 4.69) is 0 Å². The molecule has 0 aliphatic rings. The highest BCUT2D eigenvalue weighted by Gasteiger charge is 2.13. The molecule has 20 heavy (non-hydrogen) atoms. The number of aryl methyl sites for hydroxylation is 1. The second-order valence-electron chi connectivity index (χ2n) is 4.95. The third kappa shape index (κ3) is 3.39. The van der Waals surface area contributed by atoms with Crippen LogP contribution in [-0.2, 0) is 12.8 Å². The standard InChI is InChI=1S/C16H16F3N/c1-10-7-13(17)6-5-11(10)8-14(20)9-12-3-2-4-15(18)16(12)19/h2-7,14H,8-9,20H2,1H3. The Hall–Kier alpha value is -1.81. The molecule has 2 N–H and O–H groups in total. The van der Waals surface area contributed by atoms with Gasteiger partial charge in [-0.1, -0.05) is 18.2 Å². The maximum absolute atomic E-state index is 13.6. The molecule has 0 amide bonds. The number of benzene rings is 2. The van der Waals surface area contributed by atoms with Crippen molar-refractivity contribution in [2.24, 2.45) is 5.73 Å². The summed E-state index contributed by atoms with van der Waals surface area (Å²) in [5, 5.41) is 0. The number of halogens is 3. The molecule has 0 spiro atoms. The zero-order valence-electron chi connectivity index (χ0n) is 11.2. The van der Waals surface area contributed by atoms with Crippen molar-refractivity contribution in [1.82, 2.24) is 0 Å². The smallest absolute Gasteiger partial charge is 0.162 e. The molecule has 2 aromatic carbocycles. The molecule has 2 rings (SSSR count). The lowest BCUT2D eigenvalue weighted by Crippen LogP contribution is -2.26. The molecule has 0 heterocycles. The van der Waals surface area contributed by atoms with Crippen molar-refractivity contribution in [2.45, 2.75) is 25.8 Å². The monoisotopic (exact) mass is 279 g/mol. The van der Waals surface area contributed by atoms with Gasteiger partial charge >= 0.3 is 0 Å². The molecule has 1 unspecified atom stereocenters. The third-order valence-electron chi connectivity index (χ3n) is 3.30. The van der Waals surface area contributed by atoms with Crippen LogP contribution in [0.25, 0.3) is 0 Å². The van der Waals surface area contributed by atoms with E-state index in [-0.39, 0.29) is 23.8 Å². The van der Waals surface area contributed by atoms with Crippen LogP contribution >= 0.6 is 0 Å². The highest BCUT2D eigenvalue weighted by Crippen LogP contribution is 2.16. The van der Waals surface area contributed by atoms with Crippen LogP contribution < -0.4 is 5.73 Å². The van der Waals surface area contributed by atoms with E-state index >= 15 is 0 Å². The Kier molecular flexibility index (Phi) is 4.45. The van der Waals surface area contributed by atoms with Crippen LogP contribution in [0.5, 0.6) is 0 Å². The van der Waals surface area contributed by atoms with E-state index < -0.39 is 11.6 Å². The van der Waals surface area contributed by atoms with E-state index in [9.17, 15) is 13.2 Å². The highest BCUT2D eigenvalue weighted by molar-refractivity contribution is 5.28. The van der Waals surface area contributed by atoms with Gasteiger partial charge in [-0.2, -0.15) is 0 Å². The number of nitrogens with two attached hydrogens (primary N) is 1. The Balaban J connectivity index is 2.09. The Morgan fingerprint density at radius 3 is 2.40 bits per heavy atom. The fourth-order valence-electron chi connectivity index (χ4n) is 2.23. The summed E-state index contributed by atoms with van der Waals surface area (Å²) in [7, 11) is 0. The van der Waals surface area contributed by atoms with Crippen molar-refractivity contribution in [1.29, 1.82) is 0 Å². The van der Waals surface area contributed by atoms with E-state index in [1.807, 2.05) is 0 Å². The number of hydrogen-bond acceptors (Lipinski definition) is 1. The minimum absolute atomic E-state index is 0.237. The van der Waals surface area contributed by atoms with Crippen LogP contribution in [0.3, 0.4) is 0 Å². The second kappa shape index (κ2) is 6.09. The van der Waals surface area contributed by atoms with Gasteiger partial charge in [-0.15, -0.1) is 0 Å². The molecule has 0 saturated carbocycles. The Morgan fingerprint density at radius 1 is 1.00 bits per heavy atom. The maximum atomic E-state index is 13.6. The van der Waals surface area contributed by atoms with Crippen molar-refractivity contribution in [3.63, 3.8) is 0 Å². The zero-order chi connectivity index (χ0) is 14.7. The van der Waals surface area contributed by atoms with Crippen molar-refractivity contribution in [3.05, 3.63) is 70.5 Å². The average Bonchev–Trinajstić information content (AvgIpc) is 2.38. The predicted octanol–water partition coefficient (Wildman–Crippen LogP) is 3.52. The van der Waals surface area contributed by atoms with Crippen LogP contribution in [0.1, 0.15) is 16.7 Å². The summed E-state index contributed by atoms with van der Waals surface area (Å²) < 4.78 is 39.7. The fraction of sp³-hybridized carbons (Fsp3) is 0.250. The molecule has 0 saturated heterocycles. The van der Waals surface area contributed by atoms with Crippen LogP contribution in [0.4, 0.5) is 13.2 Å². The van der Waals surface area contributed by atoms with Crippen molar-refractivity contribution >= 4 is 0 Å². The lowest BCUT2D eigenvalue weighted by Gasteiger charge is -2.14. The van der Waals surface area contributed by atoms with E-state index in [1.165, 1.54) is 24.3 Å². The normalized spacial score (nSPS) is 12.4. The lowest BCUT2D eigenvalue weighted by molar-refractivity contribution is 0.492. The van der Waals surface area contributed by atoms with Crippen LogP contribution in [-0.4, -0.2) is 6.04 Å². The average molecular weight is 279 g/mol. The van der Waals surface area contributed by atoms with Gasteiger partial charge in [0.15, 0.2) is 11.6 Å². The topological polar surface area (TPSA) is 26.0 Å². The first-order valence-electron chi connectivity index (χ1n) is 6.41. The molecule has 106 valence electrons. The van der Waals surface area contributed by atoms with E-state index in [0.717, 1.165) is 17.2 Å². The Labute approximate surface area is 116 Å². The number of rotatable bonds is 4. The van der Waals surface area contributed by atoms with Gasteiger partial charge in [0.2, 0.25) is 0 Å².